The molecule has 174 valence electrons. The van der Waals surface area contributed by atoms with Crippen LogP contribution >= 0.6 is 11.8 Å². The summed E-state index contributed by atoms with van der Waals surface area (Å²) in [7, 11) is 0. The molecule has 0 saturated heterocycles. The summed E-state index contributed by atoms with van der Waals surface area (Å²) >= 11 is 0.883. The number of thioether (sulfide) groups is 1. The molecule has 1 N–H and O–H groups in total. The molecule has 1 unspecified atom stereocenters. The Labute approximate surface area is 195 Å². The molecule has 0 saturated carbocycles. The maximum absolute atomic E-state index is 13.4. The standard InChI is InChI=1S/C24H25F3N4OS/c1-4-31(5-2)19-13-11-18(12-14-19)28-22(32)16(3)33-23-29-20(17-9-7-6-8-10-17)15-21(30-23)24(25,26)27/h6-16H,4-5H2,1-3H3,(H,28,32). The summed E-state index contributed by atoms with van der Waals surface area (Å²) in [5.41, 5.74) is 1.31. The number of anilines is 2. The van der Waals surface area contributed by atoms with Crippen molar-refractivity contribution in [3.63, 3.8) is 0 Å². The van der Waals surface area contributed by atoms with Crippen molar-refractivity contribution in [2.75, 3.05) is 23.3 Å². The summed E-state index contributed by atoms with van der Waals surface area (Å²) in [4.78, 5) is 22.8. The van der Waals surface area contributed by atoms with E-state index in [-0.39, 0.29) is 16.8 Å². The second-order valence-electron chi connectivity index (χ2n) is 7.25. The van der Waals surface area contributed by atoms with Gasteiger partial charge in [-0.15, -0.1) is 0 Å². The maximum atomic E-state index is 13.4. The SMILES string of the molecule is CCN(CC)c1ccc(NC(=O)C(C)Sc2nc(-c3ccccc3)cc(C(F)(F)F)n2)cc1. The van der Waals surface area contributed by atoms with Crippen molar-refractivity contribution in [3.05, 3.63) is 66.4 Å². The first-order chi connectivity index (χ1) is 15.7. The highest BCUT2D eigenvalue weighted by molar-refractivity contribution is 8.00. The third-order valence-electron chi connectivity index (χ3n) is 4.98. The van der Waals surface area contributed by atoms with Gasteiger partial charge in [0.15, 0.2) is 5.16 Å². The van der Waals surface area contributed by atoms with Crippen molar-refractivity contribution < 1.29 is 18.0 Å². The minimum atomic E-state index is -4.63. The molecule has 0 aliphatic heterocycles. The van der Waals surface area contributed by atoms with Gasteiger partial charge in [-0.05, 0) is 51.1 Å². The predicted octanol–water partition coefficient (Wildman–Crippen LogP) is 6.13. The van der Waals surface area contributed by atoms with Gasteiger partial charge >= 0.3 is 6.18 Å². The Balaban J connectivity index is 1.76. The third-order valence-corrected chi connectivity index (χ3v) is 5.94. The van der Waals surface area contributed by atoms with Gasteiger partial charge in [-0.1, -0.05) is 42.1 Å². The summed E-state index contributed by atoms with van der Waals surface area (Å²) in [5, 5.41) is 1.98. The number of nitrogens with zero attached hydrogens (tertiary/aromatic N) is 3. The first kappa shape index (κ1) is 24.6. The summed E-state index contributed by atoms with van der Waals surface area (Å²) in [6.07, 6.45) is -4.63. The number of halogens is 3. The van der Waals surface area contributed by atoms with E-state index in [1.807, 2.05) is 12.1 Å². The van der Waals surface area contributed by atoms with E-state index in [1.165, 1.54) is 0 Å². The molecule has 1 aromatic heterocycles. The topological polar surface area (TPSA) is 58.1 Å². The van der Waals surface area contributed by atoms with Crippen LogP contribution in [0.3, 0.4) is 0 Å². The zero-order valence-corrected chi connectivity index (χ0v) is 19.4. The molecular formula is C24H25F3N4OS. The average Bonchev–Trinajstić information content (AvgIpc) is 2.80. The van der Waals surface area contributed by atoms with Crippen LogP contribution in [0.4, 0.5) is 24.5 Å². The van der Waals surface area contributed by atoms with E-state index >= 15 is 0 Å². The van der Waals surface area contributed by atoms with E-state index in [1.54, 1.807) is 49.4 Å². The molecule has 0 fully saturated rings. The smallest absolute Gasteiger partial charge is 0.372 e. The normalized spacial score (nSPS) is 12.3. The Morgan fingerprint density at radius 1 is 1.03 bits per heavy atom. The van der Waals surface area contributed by atoms with Gasteiger partial charge < -0.3 is 10.2 Å². The average molecular weight is 475 g/mol. The summed E-state index contributed by atoms with van der Waals surface area (Å²) in [5.74, 6) is -0.349. The first-order valence-corrected chi connectivity index (χ1v) is 11.4. The molecular weight excluding hydrogens is 449 g/mol. The molecule has 1 heterocycles. The van der Waals surface area contributed by atoms with Crippen LogP contribution in [-0.4, -0.2) is 34.2 Å². The number of rotatable bonds is 8. The van der Waals surface area contributed by atoms with Crippen molar-refractivity contribution in [1.82, 2.24) is 9.97 Å². The second-order valence-corrected chi connectivity index (χ2v) is 8.56. The predicted molar refractivity (Wildman–Crippen MR) is 126 cm³/mol. The van der Waals surface area contributed by atoms with Crippen LogP contribution in [0.2, 0.25) is 0 Å². The molecule has 2 aromatic carbocycles. The Morgan fingerprint density at radius 2 is 1.67 bits per heavy atom. The monoisotopic (exact) mass is 474 g/mol. The molecule has 1 amide bonds. The zero-order valence-electron chi connectivity index (χ0n) is 18.6. The molecule has 5 nitrogen and oxygen atoms in total. The zero-order chi connectivity index (χ0) is 24.0. The van der Waals surface area contributed by atoms with E-state index in [2.05, 4.69) is 34.0 Å². The second kappa shape index (κ2) is 10.7. The molecule has 0 spiro atoms. The fraction of sp³-hybridized carbons (Fsp3) is 0.292. The molecule has 1 atom stereocenters. The van der Waals surface area contributed by atoms with Crippen LogP contribution in [0.1, 0.15) is 26.5 Å². The number of benzene rings is 2. The van der Waals surface area contributed by atoms with Crippen molar-refractivity contribution >= 4 is 29.0 Å². The van der Waals surface area contributed by atoms with E-state index in [0.717, 1.165) is 36.6 Å². The number of hydrogen-bond donors (Lipinski definition) is 1. The minimum absolute atomic E-state index is 0.108. The Morgan fingerprint density at radius 3 is 2.24 bits per heavy atom. The largest absolute Gasteiger partial charge is 0.433 e. The maximum Gasteiger partial charge on any atom is 0.433 e. The van der Waals surface area contributed by atoms with Crippen LogP contribution in [0.25, 0.3) is 11.3 Å². The number of carbonyl (C=O) groups excluding carboxylic acids is 1. The molecule has 0 radical (unpaired) electrons. The number of amides is 1. The lowest BCUT2D eigenvalue weighted by Crippen LogP contribution is -2.23. The van der Waals surface area contributed by atoms with Crippen molar-refractivity contribution in [2.45, 2.75) is 37.4 Å². The number of carbonyl (C=O) groups is 1. The van der Waals surface area contributed by atoms with Gasteiger partial charge in [-0.3, -0.25) is 4.79 Å². The lowest BCUT2D eigenvalue weighted by Gasteiger charge is -2.21. The van der Waals surface area contributed by atoms with Crippen LogP contribution < -0.4 is 10.2 Å². The fourth-order valence-corrected chi connectivity index (χ4v) is 3.96. The van der Waals surface area contributed by atoms with Gasteiger partial charge in [0.2, 0.25) is 5.91 Å². The van der Waals surface area contributed by atoms with E-state index < -0.39 is 17.1 Å². The third kappa shape index (κ3) is 6.47. The van der Waals surface area contributed by atoms with Gasteiger partial charge in [-0.25, -0.2) is 9.97 Å². The molecule has 0 aliphatic rings. The van der Waals surface area contributed by atoms with Crippen molar-refractivity contribution in [1.29, 1.82) is 0 Å². The Hall–Kier alpha value is -3.07. The molecule has 33 heavy (non-hydrogen) atoms. The van der Waals surface area contributed by atoms with Gasteiger partial charge in [-0.2, -0.15) is 13.2 Å². The van der Waals surface area contributed by atoms with Crippen molar-refractivity contribution in [2.24, 2.45) is 0 Å². The first-order valence-electron chi connectivity index (χ1n) is 10.6. The summed E-state index contributed by atoms with van der Waals surface area (Å²) in [6, 6.07) is 16.9. The van der Waals surface area contributed by atoms with Gasteiger partial charge in [0.05, 0.1) is 10.9 Å². The fourth-order valence-electron chi connectivity index (χ4n) is 3.18. The lowest BCUT2D eigenvalue weighted by atomic mass is 10.1. The summed E-state index contributed by atoms with van der Waals surface area (Å²) in [6.45, 7) is 7.49. The van der Waals surface area contributed by atoms with Gasteiger partial charge in [0, 0.05) is 30.0 Å². The highest BCUT2D eigenvalue weighted by Crippen LogP contribution is 2.33. The quantitative estimate of drug-likeness (QED) is 0.315. The van der Waals surface area contributed by atoms with Crippen LogP contribution in [0.15, 0.2) is 65.8 Å². The number of alkyl halides is 3. The van der Waals surface area contributed by atoms with Crippen LogP contribution in [0, 0.1) is 0 Å². The number of nitrogens with one attached hydrogen (secondary N) is 1. The van der Waals surface area contributed by atoms with E-state index in [0.29, 0.717) is 11.3 Å². The van der Waals surface area contributed by atoms with Crippen LogP contribution in [0.5, 0.6) is 0 Å². The van der Waals surface area contributed by atoms with E-state index in [4.69, 9.17) is 0 Å². The Bertz CT molecular complexity index is 1070. The van der Waals surface area contributed by atoms with E-state index in [9.17, 15) is 18.0 Å². The lowest BCUT2D eigenvalue weighted by molar-refractivity contribution is -0.141. The summed E-state index contributed by atoms with van der Waals surface area (Å²) < 4.78 is 40.2. The highest BCUT2D eigenvalue weighted by Gasteiger charge is 2.34. The number of aromatic nitrogens is 2. The Kier molecular flexibility index (Phi) is 7.97. The molecule has 0 aliphatic carbocycles. The molecule has 0 bridgehead atoms. The molecule has 9 heteroatoms. The van der Waals surface area contributed by atoms with Gasteiger partial charge in [0.25, 0.3) is 0 Å². The molecule has 3 rings (SSSR count). The molecule has 3 aromatic rings. The van der Waals surface area contributed by atoms with Crippen molar-refractivity contribution in [3.8, 4) is 11.3 Å². The van der Waals surface area contributed by atoms with Crippen LogP contribution in [-0.2, 0) is 11.0 Å². The number of hydrogen-bond acceptors (Lipinski definition) is 5. The van der Waals surface area contributed by atoms with Gasteiger partial charge in [0.1, 0.15) is 5.69 Å². The minimum Gasteiger partial charge on any atom is -0.372 e. The highest BCUT2D eigenvalue weighted by atomic mass is 32.2.